The van der Waals surface area contributed by atoms with Crippen molar-refractivity contribution in [1.29, 1.82) is 0 Å². The minimum atomic E-state index is -2.52. The van der Waals surface area contributed by atoms with Gasteiger partial charge in [0.05, 0.1) is 4.92 Å². The molecule has 1 aliphatic carbocycles. The van der Waals surface area contributed by atoms with Crippen LogP contribution in [0.2, 0.25) is 5.04 Å². The number of nitro benzene ring substituents is 1. The molecule has 0 saturated heterocycles. The largest absolute Gasteiger partial charge is 0.406 e. The molecule has 1 N–H and O–H groups in total. The predicted octanol–water partition coefficient (Wildman–Crippen LogP) is 5.01. The summed E-state index contributed by atoms with van der Waals surface area (Å²) < 4.78 is 6.99. The first-order valence-electron chi connectivity index (χ1n) is 12.6. The van der Waals surface area contributed by atoms with Gasteiger partial charge < -0.3 is 9.74 Å². The summed E-state index contributed by atoms with van der Waals surface area (Å²) in [5, 5.41) is 17.4. The van der Waals surface area contributed by atoms with E-state index in [-0.39, 0.29) is 15.6 Å². The smallest absolute Gasteiger partial charge is 0.269 e. The van der Waals surface area contributed by atoms with E-state index in [0.29, 0.717) is 12.6 Å². The highest BCUT2D eigenvalue weighted by Crippen LogP contribution is 2.36. The molecule has 0 saturated carbocycles. The van der Waals surface area contributed by atoms with Crippen molar-refractivity contribution in [3.05, 3.63) is 100 Å². The van der Waals surface area contributed by atoms with Gasteiger partial charge in [0, 0.05) is 31.3 Å². The van der Waals surface area contributed by atoms with E-state index in [4.69, 9.17) is 4.43 Å². The summed E-state index contributed by atoms with van der Waals surface area (Å²) >= 11 is 0. The molecule has 1 atom stereocenters. The lowest BCUT2D eigenvalue weighted by Crippen LogP contribution is -2.67. The monoisotopic (exact) mass is 488 g/mol. The Balaban J connectivity index is 1.45. The van der Waals surface area contributed by atoms with E-state index in [9.17, 15) is 10.1 Å². The summed E-state index contributed by atoms with van der Waals surface area (Å²) in [5.41, 5.74) is 2.55. The maximum Gasteiger partial charge on any atom is 0.269 e. The molecular formula is C29H36N2O3Si. The molecule has 35 heavy (non-hydrogen) atoms. The summed E-state index contributed by atoms with van der Waals surface area (Å²) in [6.07, 6.45) is 3.82. The van der Waals surface area contributed by atoms with Crippen LogP contribution in [0.4, 0.5) is 5.69 Å². The van der Waals surface area contributed by atoms with Gasteiger partial charge in [-0.2, -0.15) is 0 Å². The topological polar surface area (TPSA) is 64.4 Å². The molecule has 0 aliphatic heterocycles. The number of nitrogens with zero attached hydrogens (tertiary/aromatic N) is 1. The Labute approximate surface area is 209 Å². The Hall–Kier alpha value is -2.80. The number of non-ortho nitro benzene ring substituents is 1. The molecular weight excluding hydrogens is 452 g/mol. The molecule has 4 rings (SSSR count). The molecule has 0 aromatic heterocycles. The standard InChI is InChI=1S/C29H36N2O3Si/c1-29(2,3)35(27-10-6-4-7-11-27,28-12-8-5-9-13-28)34-21-20-30-25-17-14-23-16-19-26(31(32)33)22-24(23)15-18-25/h4-13,16,19,22,25,30H,14-15,17-18,20-21H2,1-3H3. The number of aryl methyl sites for hydroxylation is 2. The number of nitro groups is 1. The van der Waals surface area contributed by atoms with E-state index in [2.05, 4.69) is 86.8 Å². The maximum atomic E-state index is 11.2. The summed E-state index contributed by atoms with van der Waals surface area (Å²) in [6, 6.07) is 27.2. The van der Waals surface area contributed by atoms with E-state index in [1.165, 1.54) is 15.9 Å². The number of hydrogen-bond donors (Lipinski definition) is 1. The lowest BCUT2D eigenvalue weighted by atomic mass is 10.0. The highest BCUT2D eigenvalue weighted by molar-refractivity contribution is 6.99. The molecule has 3 aromatic carbocycles. The first-order chi connectivity index (χ1) is 16.8. The van der Waals surface area contributed by atoms with Crippen molar-refractivity contribution in [2.24, 2.45) is 0 Å². The average Bonchev–Trinajstić information content (AvgIpc) is 3.06. The highest BCUT2D eigenvalue weighted by Gasteiger charge is 2.49. The van der Waals surface area contributed by atoms with Crippen LogP contribution in [0, 0.1) is 10.1 Å². The molecule has 0 bridgehead atoms. The van der Waals surface area contributed by atoms with Crippen LogP contribution in [0.3, 0.4) is 0 Å². The van der Waals surface area contributed by atoms with Crippen molar-refractivity contribution in [3.8, 4) is 0 Å². The third-order valence-corrected chi connectivity index (χ3v) is 12.2. The molecule has 0 fully saturated rings. The van der Waals surface area contributed by atoms with Crippen molar-refractivity contribution >= 4 is 24.4 Å². The molecule has 1 unspecified atom stereocenters. The molecule has 0 amide bonds. The normalized spacial score (nSPS) is 16.4. The van der Waals surface area contributed by atoms with Crippen LogP contribution in [0.5, 0.6) is 0 Å². The summed E-state index contributed by atoms with van der Waals surface area (Å²) in [5.74, 6) is 0. The van der Waals surface area contributed by atoms with Gasteiger partial charge in [-0.1, -0.05) is 87.5 Å². The van der Waals surface area contributed by atoms with Gasteiger partial charge in [0.2, 0.25) is 0 Å². The van der Waals surface area contributed by atoms with Crippen LogP contribution in [-0.2, 0) is 17.3 Å². The van der Waals surface area contributed by atoms with Crippen LogP contribution >= 0.6 is 0 Å². The van der Waals surface area contributed by atoms with Crippen LogP contribution in [0.15, 0.2) is 78.9 Å². The lowest BCUT2D eigenvalue weighted by molar-refractivity contribution is -0.384. The second kappa shape index (κ2) is 10.9. The zero-order valence-corrected chi connectivity index (χ0v) is 22.0. The minimum absolute atomic E-state index is 0.0333. The average molecular weight is 489 g/mol. The van der Waals surface area contributed by atoms with Gasteiger partial charge in [-0.15, -0.1) is 0 Å². The number of nitrogens with one attached hydrogen (secondary N) is 1. The van der Waals surface area contributed by atoms with Crippen molar-refractivity contribution in [1.82, 2.24) is 5.32 Å². The fraction of sp³-hybridized carbons (Fsp3) is 0.379. The maximum absolute atomic E-state index is 11.2. The van der Waals surface area contributed by atoms with E-state index in [1.54, 1.807) is 12.1 Å². The van der Waals surface area contributed by atoms with Crippen molar-refractivity contribution in [2.75, 3.05) is 13.2 Å². The summed E-state index contributed by atoms with van der Waals surface area (Å²) in [6.45, 7) is 8.32. The Bertz CT molecular complexity index is 1090. The Morgan fingerprint density at radius 2 is 1.49 bits per heavy atom. The third-order valence-electron chi connectivity index (χ3n) is 7.20. The zero-order valence-electron chi connectivity index (χ0n) is 21.0. The SMILES string of the molecule is CC(C)(C)[Si](OCCNC1CCc2ccc([N+](=O)[O-])cc2CC1)(c1ccccc1)c1ccccc1. The number of benzene rings is 3. The third kappa shape index (κ3) is 5.55. The molecule has 0 heterocycles. The fourth-order valence-corrected chi connectivity index (χ4v) is 10.0. The van der Waals surface area contributed by atoms with Gasteiger partial charge in [0.15, 0.2) is 0 Å². The molecule has 0 spiro atoms. The summed E-state index contributed by atoms with van der Waals surface area (Å²) in [4.78, 5) is 10.8. The van der Waals surface area contributed by atoms with Gasteiger partial charge >= 0.3 is 0 Å². The van der Waals surface area contributed by atoms with Crippen LogP contribution in [0.25, 0.3) is 0 Å². The highest BCUT2D eigenvalue weighted by atomic mass is 28.4. The lowest BCUT2D eigenvalue weighted by Gasteiger charge is -2.43. The van der Waals surface area contributed by atoms with Crippen LogP contribution in [-0.4, -0.2) is 32.4 Å². The Morgan fingerprint density at radius 3 is 2.03 bits per heavy atom. The van der Waals surface area contributed by atoms with E-state index < -0.39 is 8.32 Å². The zero-order chi connectivity index (χ0) is 24.9. The van der Waals surface area contributed by atoms with Gasteiger partial charge in [-0.3, -0.25) is 10.1 Å². The Kier molecular flexibility index (Phi) is 7.84. The van der Waals surface area contributed by atoms with Crippen molar-refractivity contribution in [2.45, 2.75) is 57.5 Å². The van der Waals surface area contributed by atoms with Crippen LogP contribution < -0.4 is 15.7 Å². The fourth-order valence-electron chi connectivity index (χ4n) is 5.44. The molecule has 184 valence electrons. The predicted molar refractivity (Wildman–Crippen MR) is 145 cm³/mol. The quantitative estimate of drug-likeness (QED) is 0.159. The van der Waals surface area contributed by atoms with Crippen molar-refractivity contribution in [3.63, 3.8) is 0 Å². The Morgan fingerprint density at radius 1 is 0.914 bits per heavy atom. The second-order valence-electron chi connectivity index (χ2n) is 10.5. The molecule has 3 aromatic rings. The molecule has 5 nitrogen and oxygen atoms in total. The number of rotatable bonds is 8. The molecule has 0 radical (unpaired) electrons. The minimum Gasteiger partial charge on any atom is -0.406 e. The van der Waals surface area contributed by atoms with Gasteiger partial charge in [0.25, 0.3) is 14.0 Å². The first-order valence-corrected chi connectivity index (χ1v) is 14.5. The number of hydrogen-bond acceptors (Lipinski definition) is 4. The van der Waals surface area contributed by atoms with Gasteiger partial charge in [-0.25, -0.2) is 0 Å². The summed E-state index contributed by atoms with van der Waals surface area (Å²) in [7, 11) is -2.52. The van der Waals surface area contributed by atoms with Crippen molar-refractivity contribution < 1.29 is 9.35 Å². The first kappa shape index (κ1) is 25.3. The number of fused-ring (bicyclic) bond motifs is 1. The van der Waals surface area contributed by atoms with E-state index in [1.807, 2.05) is 6.07 Å². The molecule has 1 aliphatic rings. The van der Waals surface area contributed by atoms with Gasteiger partial charge in [0.1, 0.15) is 0 Å². The van der Waals surface area contributed by atoms with Crippen LogP contribution in [0.1, 0.15) is 44.7 Å². The van der Waals surface area contributed by atoms with Gasteiger partial charge in [-0.05, 0) is 52.2 Å². The van der Waals surface area contributed by atoms with E-state index in [0.717, 1.165) is 37.8 Å². The van der Waals surface area contributed by atoms with E-state index >= 15 is 0 Å². The molecule has 6 heteroatoms. The second-order valence-corrected chi connectivity index (χ2v) is 14.8.